The number of hydrogen-bond donors (Lipinski definition) is 0. The molecule has 76 valence electrons. The average Bonchev–Trinajstić information content (AvgIpc) is 2.01. The molecule has 7 heteroatoms. The average molecular weight is 206 g/mol. The number of alkyl halides is 3. The summed E-state index contributed by atoms with van der Waals surface area (Å²) in [5, 5.41) is 10.2. The molecule has 0 spiro atoms. The molecule has 0 fully saturated rings. The highest BCUT2D eigenvalue weighted by Gasteiger charge is 2.34. The Morgan fingerprint density at radius 2 is 2.00 bits per heavy atom. The summed E-state index contributed by atoms with van der Waals surface area (Å²) in [5.74, 6) is 0. The number of halogens is 3. The molecule has 14 heavy (non-hydrogen) atoms. The van der Waals surface area contributed by atoms with Crippen molar-refractivity contribution in [1.82, 2.24) is 4.98 Å². The smallest absolute Gasteiger partial charge is 0.258 e. The SMILES string of the molecule is Cc1cc([N+](=O)[O-])cc(C(F)(F)F)n1. The number of hydrogen-bond acceptors (Lipinski definition) is 3. The summed E-state index contributed by atoms with van der Waals surface area (Å²) in [6, 6.07) is 1.39. The van der Waals surface area contributed by atoms with E-state index in [1.165, 1.54) is 6.92 Å². The number of nitrogens with zero attached hydrogens (tertiary/aromatic N) is 2. The quantitative estimate of drug-likeness (QED) is 0.523. The molecule has 1 heterocycles. The molecule has 0 bridgehead atoms. The van der Waals surface area contributed by atoms with Crippen LogP contribution in [0.1, 0.15) is 11.4 Å². The standard InChI is InChI=1S/C7H5F3N2O2/c1-4-2-5(12(13)14)3-6(11-4)7(8,9)10/h2-3H,1H3. The Labute approximate surface area is 76.5 Å². The molecular formula is C7H5F3N2O2. The van der Waals surface area contributed by atoms with Crippen molar-refractivity contribution >= 4 is 5.69 Å². The lowest BCUT2D eigenvalue weighted by Crippen LogP contribution is -2.09. The summed E-state index contributed by atoms with van der Waals surface area (Å²) in [6.07, 6.45) is -4.66. The van der Waals surface area contributed by atoms with Crippen LogP contribution >= 0.6 is 0 Å². The minimum atomic E-state index is -4.66. The van der Waals surface area contributed by atoms with Crippen LogP contribution in [0, 0.1) is 17.0 Å². The zero-order valence-corrected chi connectivity index (χ0v) is 7.00. The van der Waals surface area contributed by atoms with Gasteiger partial charge in [0.2, 0.25) is 0 Å². The fourth-order valence-corrected chi connectivity index (χ4v) is 0.901. The van der Waals surface area contributed by atoms with Crippen molar-refractivity contribution in [1.29, 1.82) is 0 Å². The Morgan fingerprint density at radius 3 is 2.43 bits per heavy atom. The Kier molecular flexibility index (Phi) is 2.41. The van der Waals surface area contributed by atoms with Crippen molar-refractivity contribution in [3.63, 3.8) is 0 Å². The molecule has 0 aliphatic rings. The number of pyridine rings is 1. The number of nitro groups is 1. The van der Waals surface area contributed by atoms with E-state index in [1.54, 1.807) is 0 Å². The van der Waals surface area contributed by atoms with E-state index in [1.807, 2.05) is 0 Å². The largest absolute Gasteiger partial charge is 0.433 e. The highest BCUT2D eigenvalue weighted by atomic mass is 19.4. The molecular weight excluding hydrogens is 201 g/mol. The number of aryl methyl sites for hydroxylation is 1. The van der Waals surface area contributed by atoms with Gasteiger partial charge in [-0.15, -0.1) is 0 Å². The molecule has 0 aromatic carbocycles. The Morgan fingerprint density at radius 1 is 1.43 bits per heavy atom. The maximum Gasteiger partial charge on any atom is 0.433 e. The predicted octanol–water partition coefficient (Wildman–Crippen LogP) is 2.32. The van der Waals surface area contributed by atoms with Gasteiger partial charge in [0.15, 0.2) is 5.69 Å². The summed E-state index contributed by atoms with van der Waals surface area (Å²) in [7, 11) is 0. The monoisotopic (exact) mass is 206 g/mol. The topological polar surface area (TPSA) is 56.0 Å². The van der Waals surface area contributed by atoms with E-state index in [9.17, 15) is 23.3 Å². The lowest BCUT2D eigenvalue weighted by Gasteiger charge is -2.05. The number of aromatic nitrogens is 1. The summed E-state index contributed by atoms with van der Waals surface area (Å²) < 4.78 is 36.4. The predicted molar refractivity (Wildman–Crippen MR) is 40.6 cm³/mol. The Hall–Kier alpha value is -1.66. The maximum atomic E-state index is 12.1. The van der Waals surface area contributed by atoms with Crippen LogP contribution in [0.4, 0.5) is 18.9 Å². The molecule has 0 saturated carbocycles. The third-order valence-electron chi connectivity index (χ3n) is 1.44. The van der Waals surface area contributed by atoms with E-state index < -0.39 is 22.5 Å². The molecule has 1 aromatic heterocycles. The van der Waals surface area contributed by atoms with Crippen molar-refractivity contribution < 1.29 is 18.1 Å². The second kappa shape index (κ2) is 3.24. The van der Waals surface area contributed by atoms with Crippen molar-refractivity contribution in [2.24, 2.45) is 0 Å². The van der Waals surface area contributed by atoms with Gasteiger partial charge in [0.05, 0.1) is 4.92 Å². The van der Waals surface area contributed by atoms with Crippen LogP contribution < -0.4 is 0 Å². The van der Waals surface area contributed by atoms with E-state index in [0.29, 0.717) is 6.07 Å². The van der Waals surface area contributed by atoms with Crippen molar-refractivity contribution in [3.8, 4) is 0 Å². The zero-order chi connectivity index (χ0) is 10.9. The Bertz CT molecular complexity index is 376. The maximum absolute atomic E-state index is 12.1. The van der Waals surface area contributed by atoms with Crippen LogP contribution in [0.3, 0.4) is 0 Å². The molecule has 1 aromatic rings. The van der Waals surface area contributed by atoms with Crippen molar-refractivity contribution in [3.05, 3.63) is 33.6 Å². The van der Waals surface area contributed by atoms with E-state index in [4.69, 9.17) is 0 Å². The van der Waals surface area contributed by atoms with Gasteiger partial charge >= 0.3 is 6.18 Å². The summed E-state index contributed by atoms with van der Waals surface area (Å²) >= 11 is 0. The fraction of sp³-hybridized carbons (Fsp3) is 0.286. The molecule has 0 radical (unpaired) electrons. The van der Waals surface area contributed by atoms with E-state index in [-0.39, 0.29) is 5.69 Å². The van der Waals surface area contributed by atoms with Crippen LogP contribution in [0.2, 0.25) is 0 Å². The minimum Gasteiger partial charge on any atom is -0.258 e. The molecule has 1 rings (SSSR count). The lowest BCUT2D eigenvalue weighted by molar-refractivity contribution is -0.385. The summed E-state index contributed by atoms with van der Waals surface area (Å²) in [6.45, 7) is 1.27. The minimum absolute atomic E-state index is 0.0356. The normalized spacial score (nSPS) is 11.4. The highest BCUT2D eigenvalue weighted by molar-refractivity contribution is 5.34. The fourth-order valence-electron chi connectivity index (χ4n) is 0.901. The summed E-state index contributed by atoms with van der Waals surface area (Å²) in [5.41, 5.74) is -1.89. The first-order valence-corrected chi connectivity index (χ1v) is 3.51. The first kappa shape index (κ1) is 10.4. The summed E-state index contributed by atoms with van der Waals surface area (Å²) in [4.78, 5) is 12.5. The first-order valence-electron chi connectivity index (χ1n) is 3.51. The van der Waals surface area contributed by atoms with Crippen LogP contribution in [0.5, 0.6) is 0 Å². The molecule has 0 N–H and O–H groups in total. The molecule has 0 aliphatic carbocycles. The molecule has 4 nitrogen and oxygen atoms in total. The van der Waals surface area contributed by atoms with Crippen LogP contribution in [-0.4, -0.2) is 9.91 Å². The van der Waals surface area contributed by atoms with Crippen LogP contribution in [-0.2, 0) is 6.18 Å². The molecule has 0 aliphatic heterocycles. The van der Waals surface area contributed by atoms with Crippen LogP contribution in [0.25, 0.3) is 0 Å². The molecule has 0 saturated heterocycles. The van der Waals surface area contributed by atoms with E-state index in [0.717, 1.165) is 6.07 Å². The van der Waals surface area contributed by atoms with Gasteiger partial charge in [-0.2, -0.15) is 13.2 Å². The Balaban J connectivity index is 3.28. The van der Waals surface area contributed by atoms with Gasteiger partial charge in [0.25, 0.3) is 5.69 Å². The van der Waals surface area contributed by atoms with Crippen LogP contribution in [0.15, 0.2) is 12.1 Å². The molecule has 0 amide bonds. The number of rotatable bonds is 1. The van der Waals surface area contributed by atoms with Crippen molar-refractivity contribution in [2.45, 2.75) is 13.1 Å². The van der Waals surface area contributed by atoms with Gasteiger partial charge in [-0.05, 0) is 6.92 Å². The highest BCUT2D eigenvalue weighted by Crippen LogP contribution is 2.30. The lowest BCUT2D eigenvalue weighted by atomic mass is 10.2. The van der Waals surface area contributed by atoms with E-state index in [2.05, 4.69) is 4.98 Å². The zero-order valence-electron chi connectivity index (χ0n) is 7.00. The first-order chi connectivity index (χ1) is 6.30. The van der Waals surface area contributed by atoms with Gasteiger partial charge in [0, 0.05) is 17.8 Å². The third kappa shape index (κ3) is 2.18. The second-order valence-electron chi connectivity index (χ2n) is 2.61. The van der Waals surface area contributed by atoms with Gasteiger partial charge < -0.3 is 0 Å². The van der Waals surface area contributed by atoms with Gasteiger partial charge in [0.1, 0.15) is 0 Å². The van der Waals surface area contributed by atoms with Crippen molar-refractivity contribution in [2.75, 3.05) is 0 Å². The third-order valence-corrected chi connectivity index (χ3v) is 1.44. The van der Waals surface area contributed by atoms with Gasteiger partial charge in [-0.25, -0.2) is 4.98 Å². The van der Waals surface area contributed by atoms with Gasteiger partial charge in [-0.3, -0.25) is 10.1 Å². The van der Waals surface area contributed by atoms with E-state index >= 15 is 0 Å². The molecule has 0 unspecified atom stereocenters. The second-order valence-corrected chi connectivity index (χ2v) is 2.61. The van der Waals surface area contributed by atoms with Gasteiger partial charge in [-0.1, -0.05) is 0 Å². The molecule has 0 atom stereocenters.